The third kappa shape index (κ3) is 2.93. The van der Waals surface area contributed by atoms with Crippen molar-refractivity contribution in [3.8, 4) is 0 Å². The molecule has 0 atom stereocenters. The summed E-state index contributed by atoms with van der Waals surface area (Å²) in [6.07, 6.45) is 1.64. The van der Waals surface area contributed by atoms with Crippen molar-refractivity contribution in [2.24, 2.45) is 0 Å². The largest absolute Gasteiger partial charge is 0.390 e. The minimum absolute atomic E-state index is 0.0619. The fourth-order valence-corrected chi connectivity index (χ4v) is 0.985. The first kappa shape index (κ1) is 10.9. The molecule has 0 fully saturated rings. The lowest BCUT2D eigenvalue weighted by Gasteiger charge is -2.16. The zero-order valence-electron chi connectivity index (χ0n) is 8.47. The molecule has 1 heterocycles. The van der Waals surface area contributed by atoms with Crippen LogP contribution in [-0.4, -0.2) is 42.4 Å². The second kappa shape index (κ2) is 5.51. The number of nitrogens with zero attached hydrogens (tertiary/aromatic N) is 3. The Morgan fingerprint density at radius 1 is 1.57 bits per heavy atom. The normalized spacial score (nSPS) is 10.2. The van der Waals surface area contributed by atoms with E-state index in [1.165, 1.54) is 0 Å². The van der Waals surface area contributed by atoms with E-state index in [4.69, 9.17) is 9.84 Å². The van der Waals surface area contributed by atoms with Crippen molar-refractivity contribution in [3.05, 3.63) is 18.0 Å². The van der Waals surface area contributed by atoms with E-state index >= 15 is 0 Å². The second-order valence-corrected chi connectivity index (χ2v) is 2.92. The molecule has 0 bridgehead atoms. The van der Waals surface area contributed by atoms with E-state index in [9.17, 15) is 0 Å². The summed E-state index contributed by atoms with van der Waals surface area (Å²) in [6, 6.07) is 1.69. The molecule has 0 aromatic carbocycles. The highest BCUT2D eigenvalue weighted by atomic mass is 16.5. The topological polar surface area (TPSA) is 58.5 Å². The number of methoxy groups -OCH3 is 1. The van der Waals surface area contributed by atoms with Crippen molar-refractivity contribution >= 4 is 5.95 Å². The SMILES string of the molecule is COCCN(C)c1nccc(CO)n1. The molecule has 1 rings (SSSR count). The number of anilines is 1. The lowest BCUT2D eigenvalue weighted by molar-refractivity contribution is 0.206. The number of hydrogen-bond acceptors (Lipinski definition) is 5. The summed E-state index contributed by atoms with van der Waals surface area (Å²) in [5, 5.41) is 8.89. The third-order valence-electron chi connectivity index (χ3n) is 1.83. The number of aromatic nitrogens is 2. The molecular weight excluding hydrogens is 182 g/mol. The van der Waals surface area contributed by atoms with E-state index < -0.39 is 0 Å². The van der Waals surface area contributed by atoms with Crippen LogP contribution in [0.3, 0.4) is 0 Å². The summed E-state index contributed by atoms with van der Waals surface area (Å²) in [5.74, 6) is 0.605. The Morgan fingerprint density at radius 3 is 3.00 bits per heavy atom. The van der Waals surface area contributed by atoms with E-state index in [1.807, 2.05) is 11.9 Å². The van der Waals surface area contributed by atoms with E-state index in [1.54, 1.807) is 19.4 Å². The molecule has 5 heteroatoms. The molecule has 5 nitrogen and oxygen atoms in total. The van der Waals surface area contributed by atoms with Crippen LogP contribution in [0.2, 0.25) is 0 Å². The zero-order valence-corrected chi connectivity index (χ0v) is 8.47. The summed E-state index contributed by atoms with van der Waals surface area (Å²) < 4.78 is 4.94. The quantitative estimate of drug-likeness (QED) is 0.723. The van der Waals surface area contributed by atoms with Crippen LogP contribution in [0.15, 0.2) is 12.3 Å². The molecule has 0 amide bonds. The Hall–Kier alpha value is -1.20. The van der Waals surface area contributed by atoms with Crippen LogP contribution in [-0.2, 0) is 11.3 Å². The van der Waals surface area contributed by atoms with Gasteiger partial charge in [-0.05, 0) is 6.07 Å². The van der Waals surface area contributed by atoms with Gasteiger partial charge >= 0.3 is 0 Å². The van der Waals surface area contributed by atoms with Gasteiger partial charge in [0.2, 0.25) is 5.95 Å². The molecule has 78 valence electrons. The zero-order chi connectivity index (χ0) is 10.4. The number of hydrogen-bond donors (Lipinski definition) is 1. The smallest absolute Gasteiger partial charge is 0.225 e. The van der Waals surface area contributed by atoms with Crippen LogP contribution < -0.4 is 4.90 Å². The molecule has 1 N–H and O–H groups in total. The maximum absolute atomic E-state index is 8.89. The summed E-state index contributed by atoms with van der Waals surface area (Å²) in [5.41, 5.74) is 0.624. The van der Waals surface area contributed by atoms with Gasteiger partial charge in [0.15, 0.2) is 0 Å². The molecule has 0 spiro atoms. The van der Waals surface area contributed by atoms with Gasteiger partial charge in [-0.15, -0.1) is 0 Å². The molecule has 0 unspecified atom stereocenters. The van der Waals surface area contributed by atoms with Gasteiger partial charge < -0.3 is 14.7 Å². The maximum Gasteiger partial charge on any atom is 0.225 e. The number of aliphatic hydroxyl groups is 1. The van der Waals surface area contributed by atoms with Crippen molar-refractivity contribution in [1.82, 2.24) is 9.97 Å². The van der Waals surface area contributed by atoms with Gasteiger partial charge in [0.25, 0.3) is 0 Å². The standard InChI is InChI=1S/C9H15N3O2/c1-12(5-6-14-2)9-10-4-3-8(7-13)11-9/h3-4,13H,5-7H2,1-2H3. The molecule has 0 aliphatic carbocycles. The predicted octanol–water partition coefficient (Wildman–Crippen LogP) is 0.0515. The van der Waals surface area contributed by atoms with E-state index in [2.05, 4.69) is 9.97 Å². The Kier molecular flexibility index (Phi) is 4.28. The van der Waals surface area contributed by atoms with E-state index in [0.29, 0.717) is 18.2 Å². The monoisotopic (exact) mass is 197 g/mol. The van der Waals surface area contributed by atoms with E-state index in [0.717, 1.165) is 6.54 Å². The molecule has 14 heavy (non-hydrogen) atoms. The Balaban J connectivity index is 2.64. The molecular formula is C9H15N3O2. The van der Waals surface area contributed by atoms with Gasteiger partial charge in [-0.25, -0.2) is 9.97 Å². The fraction of sp³-hybridized carbons (Fsp3) is 0.556. The van der Waals surface area contributed by atoms with Gasteiger partial charge in [-0.2, -0.15) is 0 Å². The molecule has 0 aliphatic heterocycles. The van der Waals surface area contributed by atoms with Gasteiger partial charge in [-0.3, -0.25) is 0 Å². The van der Waals surface area contributed by atoms with Gasteiger partial charge in [0.05, 0.1) is 18.9 Å². The average molecular weight is 197 g/mol. The molecule has 1 aromatic rings. The van der Waals surface area contributed by atoms with Crippen molar-refractivity contribution in [2.75, 3.05) is 32.2 Å². The lowest BCUT2D eigenvalue weighted by atomic mass is 10.4. The summed E-state index contributed by atoms with van der Waals surface area (Å²) in [7, 11) is 3.54. The lowest BCUT2D eigenvalue weighted by Crippen LogP contribution is -2.24. The minimum Gasteiger partial charge on any atom is -0.390 e. The van der Waals surface area contributed by atoms with Crippen LogP contribution in [0.4, 0.5) is 5.95 Å². The summed E-state index contributed by atoms with van der Waals surface area (Å²) in [4.78, 5) is 10.1. The van der Waals surface area contributed by atoms with Gasteiger partial charge in [0.1, 0.15) is 0 Å². The highest BCUT2D eigenvalue weighted by Crippen LogP contribution is 2.04. The van der Waals surface area contributed by atoms with Crippen LogP contribution in [0.5, 0.6) is 0 Å². The average Bonchev–Trinajstić information content (AvgIpc) is 2.26. The van der Waals surface area contributed by atoms with Crippen LogP contribution in [0.25, 0.3) is 0 Å². The number of rotatable bonds is 5. The predicted molar refractivity (Wildman–Crippen MR) is 53.1 cm³/mol. The third-order valence-corrected chi connectivity index (χ3v) is 1.83. The van der Waals surface area contributed by atoms with Crippen LogP contribution in [0, 0.1) is 0 Å². The highest BCUT2D eigenvalue weighted by molar-refractivity contribution is 5.28. The van der Waals surface area contributed by atoms with E-state index in [-0.39, 0.29) is 6.61 Å². The minimum atomic E-state index is -0.0619. The first-order chi connectivity index (χ1) is 6.77. The Labute approximate surface area is 83.4 Å². The Morgan fingerprint density at radius 2 is 2.36 bits per heavy atom. The van der Waals surface area contributed by atoms with Crippen molar-refractivity contribution < 1.29 is 9.84 Å². The number of ether oxygens (including phenoxy) is 1. The molecule has 0 saturated heterocycles. The Bertz CT molecular complexity index is 281. The van der Waals surface area contributed by atoms with Crippen molar-refractivity contribution in [1.29, 1.82) is 0 Å². The van der Waals surface area contributed by atoms with Crippen molar-refractivity contribution in [3.63, 3.8) is 0 Å². The molecule has 1 aromatic heterocycles. The van der Waals surface area contributed by atoms with Gasteiger partial charge in [0, 0.05) is 26.9 Å². The van der Waals surface area contributed by atoms with Crippen LogP contribution in [0.1, 0.15) is 5.69 Å². The highest BCUT2D eigenvalue weighted by Gasteiger charge is 2.03. The summed E-state index contributed by atoms with van der Waals surface area (Å²) >= 11 is 0. The first-order valence-corrected chi connectivity index (χ1v) is 4.40. The molecule has 0 aliphatic rings. The number of aliphatic hydroxyl groups excluding tert-OH is 1. The molecule has 0 saturated carbocycles. The van der Waals surface area contributed by atoms with Gasteiger partial charge in [-0.1, -0.05) is 0 Å². The number of likely N-dealkylation sites (N-methyl/N-ethyl adjacent to an activating group) is 1. The second-order valence-electron chi connectivity index (χ2n) is 2.92. The summed E-state index contributed by atoms with van der Waals surface area (Å²) in [6.45, 7) is 1.29. The first-order valence-electron chi connectivity index (χ1n) is 4.40. The van der Waals surface area contributed by atoms with Crippen LogP contribution >= 0.6 is 0 Å². The maximum atomic E-state index is 8.89. The van der Waals surface area contributed by atoms with Crippen molar-refractivity contribution in [2.45, 2.75) is 6.61 Å². The fourth-order valence-electron chi connectivity index (χ4n) is 0.985. The molecule has 0 radical (unpaired) electrons.